The summed E-state index contributed by atoms with van der Waals surface area (Å²) in [5.41, 5.74) is 1.29. The van der Waals surface area contributed by atoms with E-state index in [0.29, 0.717) is 29.6 Å². The monoisotopic (exact) mass is 385 g/mol. The number of rotatable bonds is 6. The number of amides is 1. The highest BCUT2D eigenvalue weighted by Crippen LogP contribution is 2.27. The van der Waals surface area contributed by atoms with Crippen LogP contribution in [0, 0.1) is 6.92 Å². The van der Waals surface area contributed by atoms with Gasteiger partial charge in [0, 0.05) is 38.8 Å². The van der Waals surface area contributed by atoms with Crippen LogP contribution in [0.4, 0.5) is 5.82 Å². The third kappa shape index (κ3) is 4.69. The number of benzene rings is 1. The third-order valence-electron chi connectivity index (χ3n) is 4.79. The zero-order chi connectivity index (χ0) is 20.1. The zero-order valence-electron chi connectivity index (χ0n) is 16.9. The summed E-state index contributed by atoms with van der Waals surface area (Å²) >= 11 is 0. The largest absolute Gasteiger partial charge is 0.493 e. The predicted molar refractivity (Wildman–Crippen MR) is 107 cm³/mol. The second-order valence-corrected chi connectivity index (χ2v) is 6.82. The number of ether oxygens (including phenoxy) is 2. The quantitative estimate of drug-likeness (QED) is 0.807. The Morgan fingerprint density at radius 3 is 2.46 bits per heavy atom. The third-order valence-corrected chi connectivity index (χ3v) is 4.79. The van der Waals surface area contributed by atoms with Gasteiger partial charge in [-0.1, -0.05) is 6.07 Å². The molecule has 1 aliphatic rings. The molecule has 1 aromatic carbocycles. The molecule has 1 amide bonds. The van der Waals surface area contributed by atoms with Gasteiger partial charge in [0.1, 0.15) is 17.3 Å². The molecule has 1 aliphatic heterocycles. The highest BCUT2D eigenvalue weighted by Gasteiger charge is 2.18. The summed E-state index contributed by atoms with van der Waals surface area (Å²) < 4.78 is 10.5. The molecule has 0 saturated carbocycles. The number of carbonyl (C=O) groups is 1. The number of carbonyl (C=O) groups excluding carboxylic acids is 1. The van der Waals surface area contributed by atoms with E-state index in [2.05, 4.69) is 32.1 Å². The van der Waals surface area contributed by atoms with Gasteiger partial charge in [0.2, 0.25) is 0 Å². The summed E-state index contributed by atoms with van der Waals surface area (Å²) in [6, 6.07) is 7.32. The van der Waals surface area contributed by atoms with Gasteiger partial charge in [-0.3, -0.25) is 4.79 Å². The predicted octanol–water partition coefficient (Wildman–Crippen LogP) is 1.48. The van der Waals surface area contributed by atoms with Crippen molar-refractivity contribution in [2.45, 2.75) is 13.5 Å². The molecule has 1 saturated heterocycles. The van der Waals surface area contributed by atoms with Crippen molar-refractivity contribution in [1.29, 1.82) is 0 Å². The molecule has 0 unspecified atom stereocenters. The lowest BCUT2D eigenvalue weighted by molar-refractivity contribution is 0.0945. The van der Waals surface area contributed by atoms with E-state index in [1.807, 2.05) is 25.1 Å². The van der Waals surface area contributed by atoms with Crippen LogP contribution in [0.3, 0.4) is 0 Å². The molecular formula is C20H27N5O3. The molecule has 150 valence electrons. The van der Waals surface area contributed by atoms with Gasteiger partial charge < -0.3 is 24.6 Å². The maximum atomic E-state index is 12.7. The lowest BCUT2D eigenvalue weighted by Gasteiger charge is -2.33. The molecule has 1 fully saturated rings. The van der Waals surface area contributed by atoms with Gasteiger partial charge in [-0.05, 0) is 31.7 Å². The van der Waals surface area contributed by atoms with Gasteiger partial charge in [0.05, 0.1) is 14.2 Å². The molecule has 0 radical (unpaired) electrons. The minimum Gasteiger partial charge on any atom is -0.493 e. The van der Waals surface area contributed by atoms with Crippen molar-refractivity contribution in [3.8, 4) is 11.5 Å². The molecule has 0 spiro atoms. The minimum absolute atomic E-state index is 0.226. The maximum absolute atomic E-state index is 12.7. The first kappa shape index (κ1) is 19.9. The SMILES string of the molecule is COc1ccc(CNC(=O)c2cc(N3CCN(C)CC3)nc(C)n2)cc1OC. The molecular weight excluding hydrogens is 358 g/mol. The van der Waals surface area contributed by atoms with Crippen LogP contribution in [0.25, 0.3) is 0 Å². The Morgan fingerprint density at radius 1 is 1.07 bits per heavy atom. The van der Waals surface area contributed by atoms with E-state index in [1.165, 1.54) is 0 Å². The Morgan fingerprint density at radius 2 is 1.79 bits per heavy atom. The van der Waals surface area contributed by atoms with Crippen molar-refractivity contribution in [2.75, 3.05) is 52.3 Å². The molecule has 0 atom stereocenters. The van der Waals surface area contributed by atoms with E-state index in [4.69, 9.17) is 9.47 Å². The molecule has 8 nitrogen and oxygen atoms in total. The van der Waals surface area contributed by atoms with Crippen molar-refractivity contribution in [1.82, 2.24) is 20.2 Å². The number of piperazine rings is 1. The van der Waals surface area contributed by atoms with Crippen LogP contribution in [-0.4, -0.2) is 68.2 Å². The molecule has 0 aliphatic carbocycles. The number of nitrogens with one attached hydrogen (secondary N) is 1. The number of methoxy groups -OCH3 is 2. The molecule has 8 heteroatoms. The number of likely N-dealkylation sites (N-methyl/N-ethyl adjacent to an activating group) is 1. The van der Waals surface area contributed by atoms with Crippen molar-refractivity contribution < 1.29 is 14.3 Å². The minimum atomic E-state index is -0.226. The van der Waals surface area contributed by atoms with Crippen molar-refractivity contribution in [3.63, 3.8) is 0 Å². The van der Waals surface area contributed by atoms with Gasteiger partial charge in [-0.2, -0.15) is 0 Å². The summed E-state index contributed by atoms with van der Waals surface area (Å²) in [5, 5.41) is 2.92. The first-order chi connectivity index (χ1) is 13.5. The van der Waals surface area contributed by atoms with Crippen LogP contribution in [-0.2, 0) is 6.54 Å². The number of hydrogen-bond donors (Lipinski definition) is 1. The summed E-state index contributed by atoms with van der Waals surface area (Å²) in [4.78, 5) is 25.9. The first-order valence-corrected chi connectivity index (χ1v) is 9.28. The number of hydrogen-bond acceptors (Lipinski definition) is 7. The number of aromatic nitrogens is 2. The standard InChI is InChI=1S/C20H27N5O3/c1-14-22-16(12-19(23-14)25-9-7-24(2)8-10-25)20(26)21-13-15-5-6-17(27-3)18(11-15)28-4/h5-6,11-12H,7-10,13H2,1-4H3,(H,21,26). The molecule has 2 aromatic rings. The van der Waals surface area contributed by atoms with E-state index in [1.54, 1.807) is 20.3 Å². The number of anilines is 1. The van der Waals surface area contributed by atoms with Crippen LogP contribution in [0.15, 0.2) is 24.3 Å². The number of aryl methyl sites for hydroxylation is 1. The van der Waals surface area contributed by atoms with Gasteiger partial charge in [0.15, 0.2) is 11.5 Å². The average molecular weight is 385 g/mol. The van der Waals surface area contributed by atoms with Crippen LogP contribution in [0.5, 0.6) is 11.5 Å². The highest BCUT2D eigenvalue weighted by molar-refractivity contribution is 5.92. The Kier molecular flexibility index (Phi) is 6.30. The average Bonchev–Trinajstić information content (AvgIpc) is 2.71. The van der Waals surface area contributed by atoms with Gasteiger partial charge >= 0.3 is 0 Å². The van der Waals surface area contributed by atoms with Crippen molar-refractivity contribution in [2.24, 2.45) is 0 Å². The Balaban J connectivity index is 1.69. The first-order valence-electron chi connectivity index (χ1n) is 9.28. The Bertz CT molecular complexity index is 835. The lowest BCUT2D eigenvalue weighted by Crippen LogP contribution is -2.45. The van der Waals surface area contributed by atoms with Gasteiger partial charge in [-0.15, -0.1) is 0 Å². The smallest absolute Gasteiger partial charge is 0.270 e. The second-order valence-electron chi connectivity index (χ2n) is 6.82. The molecule has 0 bridgehead atoms. The second kappa shape index (κ2) is 8.88. The fourth-order valence-electron chi connectivity index (χ4n) is 3.13. The molecule has 1 aromatic heterocycles. The van der Waals surface area contributed by atoms with Gasteiger partial charge in [-0.25, -0.2) is 9.97 Å². The lowest BCUT2D eigenvalue weighted by atomic mass is 10.2. The Labute approximate surface area is 165 Å². The summed E-state index contributed by atoms with van der Waals surface area (Å²) in [5.74, 6) is 2.45. The van der Waals surface area contributed by atoms with Crippen LogP contribution >= 0.6 is 0 Å². The topological polar surface area (TPSA) is 79.8 Å². The van der Waals surface area contributed by atoms with E-state index in [-0.39, 0.29) is 5.91 Å². The molecule has 3 rings (SSSR count). The maximum Gasteiger partial charge on any atom is 0.270 e. The van der Waals surface area contributed by atoms with Crippen LogP contribution < -0.4 is 19.7 Å². The molecule has 2 heterocycles. The van der Waals surface area contributed by atoms with E-state index in [9.17, 15) is 4.79 Å². The highest BCUT2D eigenvalue weighted by atomic mass is 16.5. The van der Waals surface area contributed by atoms with E-state index < -0.39 is 0 Å². The van der Waals surface area contributed by atoms with E-state index in [0.717, 1.165) is 37.6 Å². The Hall–Kier alpha value is -2.87. The normalized spacial score (nSPS) is 14.6. The van der Waals surface area contributed by atoms with E-state index >= 15 is 0 Å². The van der Waals surface area contributed by atoms with Gasteiger partial charge in [0.25, 0.3) is 5.91 Å². The number of nitrogens with zero attached hydrogens (tertiary/aromatic N) is 4. The summed E-state index contributed by atoms with van der Waals surface area (Å²) in [7, 11) is 5.29. The van der Waals surface area contributed by atoms with Crippen LogP contribution in [0.1, 0.15) is 21.9 Å². The van der Waals surface area contributed by atoms with Crippen molar-refractivity contribution >= 4 is 11.7 Å². The zero-order valence-corrected chi connectivity index (χ0v) is 16.9. The van der Waals surface area contributed by atoms with Crippen LogP contribution in [0.2, 0.25) is 0 Å². The molecule has 28 heavy (non-hydrogen) atoms. The van der Waals surface area contributed by atoms with Crippen molar-refractivity contribution in [3.05, 3.63) is 41.3 Å². The molecule has 1 N–H and O–H groups in total. The fourth-order valence-corrected chi connectivity index (χ4v) is 3.13. The summed E-state index contributed by atoms with van der Waals surface area (Å²) in [6.07, 6.45) is 0. The summed E-state index contributed by atoms with van der Waals surface area (Å²) in [6.45, 7) is 5.91. The fraction of sp³-hybridized carbons (Fsp3) is 0.450.